The lowest BCUT2D eigenvalue weighted by atomic mass is 9.89. The minimum Gasteiger partial charge on any atom is -0.370 e. The van der Waals surface area contributed by atoms with Gasteiger partial charge in [-0.25, -0.2) is 0 Å². The molecule has 9 nitrogen and oxygen atoms in total. The normalized spacial score (nSPS) is 11.5. The first-order valence-electron chi connectivity index (χ1n) is 12.4. The summed E-state index contributed by atoms with van der Waals surface area (Å²) < 4.78 is 0. The van der Waals surface area contributed by atoms with Crippen molar-refractivity contribution in [1.29, 1.82) is 0 Å². The molecule has 3 aromatic carbocycles. The Balaban J connectivity index is 2.01. The molecular weight excluding hydrogens is 480 g/mol. The smallest absolute Gasteiger partial charge is 0.240 e. The highest BCUT2D eigenvalue weighted by molar-refractivity contribution is 5.92. The lowest BCUT2D eigenvalue weighted by Crippen LogP contribution is -2.49. The molecule has 0 aromatic heterocycles. The van der Waals surface area contributed by atoms with E-state index in [1.54, 1.807) is 12.1 Å². The summed E-state index contributed by atoms with van der Waals surface area (Å²) in [4.78, 5) is 43.9. The van der Waals surface area contributed by atoms with Crippen LogP contribution in [0.2, 0.25) is 0 Å². The fourth-order valence-electron chi connectivity index (χ4n) is 4.38. The maximum Gasteiger partial charge on any atom is 0.240 e. The molecule has 0 saturated carbocycles. The Morgan fingerprint density at radius 3 is 1.74 bits per heavy atom. The zero-order chi connectivity index (χ0) is 27.5. The summed E-state index contributed by atoms with van der Waals surface area (Å²) in [7, 11) is 0. The van der Waals surface area contributed by atoms with E-state index in [1.165, 1.54) is 4.90 Å². The van der Waals surface area contributed by atoms with Crippen LogP contribution in [0.1, 0.15) is 41.0 Å². The molecule has 38 heavy (non-hydrogen) atoms. The lowest BCUT2D eigenvalue weighted by molar-refractivity contribution is -0.141. The van der Waals surface area contributed by atoms with Crippen LogP contribution in [0.5, 0.6) is 0 Å². The maximum absolute atomic E-state index is 14.3. The van der Waals surface area contributed by atoms with E-state index in [4.69, 9.17) is 22.9 Å². The molecule has 3 aromatic rings. The summed E-state index contributed by atoms with van der Waals surface area (Å²) in [5.41, 5.74) is 25.2. The molecule has 0 saturated heterocycles. The predicted octanol–water partition coefficient (Wildman–Crippen LogP) is 1.78. The molecular formula is C29H34N6O3. The molecule has 8 N–H and O–H groups in total. The van der Waals surface area contributed by atoms with Gasteiger partial charge in [0.1, 0.15) is 6.04 Å². The molecule has 0 bridgehead atoms. The second-order valence-electron chi connectivity index (χ2n) is 9.05. The van der Waals surface area contributed by atoms with Crippen molar-refractivity contribution in [2.45, 2.75) is 37.8 Å². The number of nitrogens with zero attached hydrogens (tertiary/aromatic N) is 2. The van der Waals surface area contributed by atoms with Gasteiger partial charge in [-0.05, 0) is 35.1 Å². The number of aliphatic imine (C=N–C) groups is 1. The number of benzene rings is 3. The number of primary amides is 2. The molecule has 0 radical (unpaired) electrons. The Kier molecular flexibility index (Phi) is 9.99. The van der Waals surface area contributed by atoms with Gasteiger partial charge in [-0.15, -0.1) is 0 Å². The lowest BCUT2D eigenvalue weighted by Gasteiger charge is -2.33. The predicted molar refractivity (Wildman–Crippen MR) is 148 cm³/mol. The van der Waals surface area contributed by atoms with E-state index in [0.717, 1.165) is 22.3 Å². The van der Waals surface area contributed by atoms with E-state index >= 15 is 0 Å². The average molecular weight is 515 g/mol. The molecule has 0 aliphatic rings. The Bertz CT molecular complexity index is 1200. The van der Waals surface area contributed by atoms with Crippen LogP contribution in [0, 0.1) is 0 Å². The van der Waals surface area contributed by atoms with Crippen LogP contribution >= 0.6 is 0 Å². The molecule has 0 heterocycles. The van der Waals surface area contributed by atoms with Crippen LogP contribution < -0.4 is 22.9 Å². The summed E-state index contributed by atoms with van der Waals surface area (Å²) in [5, 5.41) is 0. The molecule has 0 aliphatic heterocycles. The van der Waals surface area contributed by atoms with E-state index in [2.05, 4.69) is 4.99 Å². The van der Waals surface area contributed by atoms with Crippen molar-refractivity contribution in [1.82, 2.24) is 4.90 Å². The number of nitrogens with two attached hydrogens (primary N) is 4. The van der Waals surface area contributed by atoms with Crippen molar-refractivity contribution in [3.05, 3.63) is 107 Å². The number of guanidine groups is 1. The SMILES string of the molecule is NC(=O)Cc1ccc(CN(C(=O)C(c2ccccc2)c2ccccc2)[C@H](CCCN=C(N)N)C(N)=O)cc1. The third kappa shape index (κ3) is 7.92. The van der Waals surface area contributed by atoms with Crippen molar-refractivity contribution in [2.24, 2.45) is 27.9 Å². The Hall–Kier alpha value is -4.66. The van der Waals surface area contributed by atoms with Gasteiger partial charge in [-0.1, -0.05) is 84.9 Å². The van der Waals surface area contributed by atoms with E-state index in [0.29, 0.717) is 13.0 Å². The van der Waals surface area contributed by atoms with E-state index in [-0.39, 0.29) is 31.3 Å². The second-order valence-corrected chi connectivity index (χ2v) is 9.05. The highest BCUT2D eigenvalue weighted by atomic mass is 16.2. The summed E-state index contributed by atoms with van der Waals surface area (Å²) in [5.74, 6) is -2.00. The van der Waals surface area contributed by atoms with Gasteiger partial charge in [0.25, 0.3) is 0 Å². The van der Waals surface area contributed by atoms with Crippen LogP contribution in [0.3, 0.4) is 0 Å². The van der Waals surface area contributed by atoms with E-state index < -0.39 is 23.8 Å². The van der Waals surface area contributed by atoms with Crippen LogP contribution in [-0.4, -0.2) is 41.2 Å². The van der Waals surface area contributed by atoms with Gasteiger partial charge in [0.15, 0.2) is 5.96 Å². The van der Waals surface area contributed by atoms with E-state index in [9.17, 15) is 14.4 Å². The zero-order valence-electron chi connectivity index (χ0n) is 21.2. The van der Waals surface area contributed by atoms with Crippen molar-refractivity contribution in [3.63, 3.8) is 0 Å². The molecule has 1 atom stereocenters. The van der Waals surface area contributed by atoms with Crippen molar-refractivity contribution in [2.75, 3.05) is 6.54 Å². The molecule has 0 spiro atoms. The standard InChI is InChI=1S/C29H34N6O3/c30-25(36)18-20-13-15-21(16-14-20)19-35(24(27(31)37)12-7-17-34-29(32)33)28(38)26(22-8-3-1-4-9-22)23-10-5-2-6-11-23/h1-6,8-11,13-16,24,26H,7,12,17-19H2,(H2,30,36)(H2,31,37)(H4,32,33,34)/t24-/m1/s1. The Morgan fingerprint density at radius 2 is 1.26 bits per heavy atom. The van der Waals surface area contributed by atoms with Gasteiger partial charge in [0.05, 0.1) is 12.3 Å². The molecule has 0 fully saturated rings. The molecule has 9 heteroatoms. The number of hydrogen-bond acceptors (Lipinski definition) is 4. The van der Waals surface area contributed by atoms with Gasteiger partial charge in [-0.3, -0.25) is 19.4 Å². The van der Waals surface area contributed by atoms with Gasteiger partial charge in [0.2, 0.25) is 17.7 Å². The van der Waals surface area contributed by atoms with Gasteiger partial charge >= 0.3 is 0 Å². The summed E-state index contributed by atoms with van der Waals surface area (Å²) >= 11 is 0. The van der Waals surface area contributed by atoms with Crippen LogP contribution in [0.25, 0.3) is 0 Å². The van der Waals surface area contributed by atoms with Crippen LogP contribution in [0.4, 0.5) is 0 Å². The molecule has 198 valence electrons. The fourth-order valence-corrected chi connectivity index (χ4v) is 4.38. The Morgan fingerprint density at radius 1 is 0.737 bits per heavy atom. The maximum atomic E-state index is 14.3. The van der Waals surface area contributed by atoms with E-state index in [1.807, 2.05) is 72.8 Å². The topological polar surface area (TPSA) is 171 Å². The fraction of sp³-hybridized carbons (Fsp3) is 0.241. The Labute approximate surface area is 222 Å². The average Bonchev–Trinajstić information content (AvgIpc) is 2.89. The number of amides is 3. The third-order valence-electron chi connectivity index (χ3n) is 6.18. The summed E-state index contributed by atoms with van der Waals surface area (Å²) in [6.07, 6.45) is 0.851. The van der Waals surface area contributed by atoms with Crippen molar-refractivity contribution in [3.8, 4) is 0 Å². The third-order valence-corrected chi connectivity index (χ3v) is 6.18. The number of carbonyl (C=O) groups is 3. The number of hydrogen-bond donors (Lipinski definition) is 4. The van der Waals surface area contributed by atoms with Crippen molar-refractivity contribution < 1.29 is 14.4 Å². The molecule has 0 unspecified atom stereocenters. The second kappa shape index (κ2) is 13.6. The molecule has 3 amide bonds. The largest absolute Gasteiger partial charge is 0.370 e. The van der Waals surface area contributed by atoms with Crippen LogP contribution in [0.15, 0.2) is 89.9 Å². The molecule has 0 aliphatic carbocycles. The van der Waals surface area contributed by atoms with Crippen molar-refractivity contribution >= 4 is 23.7 Å². The number of carbonyl (C=O) groups excluding carboxylic acids is 3. The van der Waals surface area contributed by atoms with Gasteiger partial charge in [-0.2, -0.15) is 0 Å². The summed E-state index contributed by atoms with van der Waals surface area (Å²) in [6.45, 7) is 0.443. The first kappa shape index (κ1) is 27.9. The minimum atomic E-state index is -0.892. The minimum absolute atomic E-state index is 0.0437. The first-order valence-corrected chi connectivity index (χ1v) is 12.4. The highest BCUT2D eigenvalue weighted by Crippen LogP contribution is 2.29. The molecule has 3 rings (SSSR count). The zero-order valence-corrected chi connectivity index (χ0v) is 21.2. The quantitative estimate of drug-likeness (QED) is 0.154. The highest BCUT2D eigenvalue weighted by Gasteiger charge is 2.34. The van der Waals surface area contributed by atoms with Crippen LogP contribution in [-0.2, 0) is 27.3 Å². The monoisotopic (exact) mass is 514 g/mol. The summed E-state index contributed by atoms with van der Waals surface area (Å²) in [6, 6.07) is 25.2. The first-order chi connectivity index (χ1) is 18.3. The van der Waals surface area contributed by atoms with Gasteiger partial charge < -0.3 is 27.8 Å². The number of rotatable bonds is 13. The van der Waals surface area contributed by atoms with Gasteiger partial charge in [0, 0.05) is 13.1 Å².